The number of anilines is 1. The van der Waals surface area contributed by atoms with Gasteiger partial charge in [0.25, 0.3) is 0 Å². The highest BCUT2D eigenvalue weighted by atomic mass is 32.1. The molecule has 23 heavy (non-hydrogen) atoms. The van der Waals surface area contributed by atoms with E-state index in [1.54, 1.807) is 0 Å². The maximum atomic E-state index is 5.25. The molecule has 5 nitrogen and oxygen atoms in total. The third kappa shape index (κ3) is 6.54. The number of hydrogen-bond acceptors (Lipinski definition) is 4. The number of thiocarbonyl (C=S) groups is 1. The Morgan fingerprint density at radius 3 is 2.17 bits per heavy atom. The zero-order valence-electron chi connectivity index (χ0n) is 13.4. The van der Waals surface area contributed by atoms with Crippen molar-refractivity contribution in [2.24, 2.45) is 10.2 Å². The van der Waals surface area contributed by atoms with E-state index in [1.165, 1.54) is 0 Å². The molecule has 0 aliphatic carbocycles. The number of azo groups is 1. The van der Waals surface area contributed by atoms with Gasteiger partial charge in [0.15, 0.2) is 5.11 Å². The van der Waals surface area contributed by atoms with Gasteiger partial charge in [0.05, 0.1) is 11.4 Å². The highest BCUT2D eigenvalue weighted by molar-refractivity contribution is 7.80. The fourth-order valence-electron chi connectivity index (χ4n) is 1.79. The standard InChI is InChI=1S/C17H21N5S/c1-22(2)13-12-18-17(23)19-14-8-10-16(11-9-14)21-20-15-6-4-3-5-7-15/h3-11H,12-13H2,1-2H3,(H2,18,19,23). The molecular weight excluding hydrogens is 306 g/mol. The average Bonchev–Trinajstić information content (AvgIpc) is 2.55. The molecule has 2 aromatic carbocycles. The predicted octanol–water partition coefficient (Wildman–Crippen LogP) is 3.95. The number of hydrogen-bond donors (Lipinski definition) is 2. The fraction of sp³-hybridized carbons (Fsp3) is 0.235. The first-order chi connectivity index (χ1) is 11.1. The van der Waals surface area contributed by atoms with Crippen molar-refractivity contribution in [1.82, 2.24) is 10.2 Å². The lowest BCUT2D eigenvalue weighted by atomic mass is 10.3. The molecule has 0 amide bonds. The number of nitrogens with one attached hydrogen (secondary N) is 2. The van der Waals surface area contributed by atoms with Crippen LogP contribution >= 0.6 is 12.2 Å². The summed E-state index contributed by atoms with van der Waals surface area (Å²) in [5.74, 6) is 0. The molecular formula is C17H21N5S. The first kappa shape index (κ1) is 17.1. The van der Waals surface area contributed by atoms with E-state index in [0.29, 0.717) is 5.11 Å². The van der Waals surface area contributed by atoms with E-state index in [1.807, 2.05) is 68.7 Å². The Hall–Kier alpha value is -2.31. The van der Waals surface area contributed by atoms with Crippen molar-refractivity contribution < 1.29 is 0 Å². The van der Waals surface area contributed by atoms with Crippen molar-refractivity contribution in [3.05, 3.63) is 54.6 Å². The first-order valence-corrected chi connectivity index (χ1v) is 7.81. The third-order valence-corrected chi connectivity index (χ3v) is 3.25. The van der Waals surface area contributed by atoms with Gasteiger partial charge in [-0.15, -0.1) is 0 Å². The van der Waals surface area contributed by atoms with Crippen LogP contribution in [0.2, 0.25) is 0 Å². The maximum absolute atomic E-state index is 5.25. The second kappa shape index (κ2) is 8.97. The quantitative estimate of drug-likeness (QED) is 0.623. The van der Waals surface area contributed by atoms with Crippen molar-refractivity contribution >= 4 is 34.4 Å². The predicted molar refractivity (Wildman–Crippen MR) is 99.8 cm³/mol. The number of rotatable bonds is 6. The van der Waals surface area contributed by atoms with Crippen molar-refractivity contribution in [2.45, 2.75) is 0 Å². The van der Waals surface area contributed by atoms with E-state index in [9.17, 15) is 0 Å². The maximum Gasteiger partial charge on any atom is 0.170 e. The Morgan fingerprint density at radius 1 is 0.957 bits per heavy atom. The van der Waals surface area contributed by atoms with Crippen LogP contribution in [0.4, 0.5) is 17.1 Å². The lowest BCUT2D eigenvalue weighted by Gasteiger charge is -2.13. The van der Waals surface area contributed by atoms with Gasteiger partial charge in [0.1, 0.15) is 0 Å². The Morgan fingerprint density at radius 2 is 1.57 bits per heavy atom. The Balaban J connectivity index is 1.84. The van der Waals surface area contributed by atoms with Crippen molar-refractivity contribution in [2.75, 3.05) is 32.5 Å². The second-order valence-corrected chi connectivity index (χ2v) is 5.67. The van der Waals surface area contributed by atoms with Crippen LogP contribution < -0.4 is 10.6 Å². The lowest BCUT2D eigenvalue weighted by molar-refractivity contribution is 0.413. The van der Waals surface area contributed by atoms with Gasteiger partial charge < -0.3 is 15.5 Å². The van der Waals surface area contributed by atoms with Crippen molar-refractivity contribution in [3.8, 4) is 0 Å². The molecule has 0 fully saturated rings. The molecule has 6 heteroatoms. The molecule has 0 bridgehead atoms. The Labute approximate surface area is 142 Å². The normalized spacial score (nSPS) is 10.9. The molecule has 2 N–H and O–H groups in total. The fourth-order valence-corrected chi connectivity index (χ4v) is 2.01. The van der Waals surface area contributed by atoms with Gasteiger partial charge in [-0.05, 0) is 62.7 Å². The van der Waals surface area contributed by atoms with Gasteiger partial charge in [-0.1, -0.05) is 18.2 Å². The molecule has 0 spiro atoms. The van der Waals surface area contributed by atoms with Crippen molar-refractivity contribution in [3.63, 3.8) is 0 Å². The molecule has 0 saturated carbocycles. The monoisotopic (exact) mass is 327 g/mol. The molecule has 0 aliphatic rings. The zero-order chi connectivity index (χ0) is 16.5. The largest absolute Gasteiger partial charge is 0.361 e. The van der Waals surface area contributed by atoms with Crippen LogP contribution in [0.25, 0.3) is 0 Å². The highest BCUT2D eigenvalue weighted by Crippen LogP contribution is 2.19. The van der Waals surface area contributed by atoms with E-state index in [2.05, 4.69) is 25.8 Å². The van der Waals surface area contributed by atoms with E-state index in [-0.39, 0.29) is 0 Å². The zero-order valence-corrected chi connectivity index (χ0v) is 14.2. The minimum atomic E-state index is 0.616. The Kier molecular flexibility index (Phi) is 6.65. The van der Waals surface area contributed by atoms with E-state index < -0.39 is 0 Å². The van der Waals surface area contributed by atoms with Crippen LogP contribution in [0.3, 0.4) is 0 Å². The van der Waals surface area contributed by atoms with Gasteiger partial charge in [0, 0.05) is 18.8 Å². The summed E-state index contributed by atoms with van der Waals surface area (Å²) in [6.07, 6.45) is 0. The van der Waals surface area contributed by atoms with Gasteiger partial charge in [-0.3, -0.25) is 0 Å². The van der Waals surface area contributed by atoms with Gasteiger partial charge >= 0.3 is 0 Å². The smallest absolute Gasteiger partial charge is 0.170 e. The second-order valence-electron chi connectivity index (χ2n) is 5.27. The number of nitrogens with zero attached hydrogens (tertiary/aromatic N) is 3. The number of benzene rings is 2. The summed E-state index contributed by atoms with van der Waals surface area (Å²) >= 11 is 5.25. The molecule has 0 radical (unpaired) electrons. The first-order valence-electron chi connectivity index (χ1n) is 7.40. The van der Waals surface area contributed by atoms with E-state index >= 15 is 0 Å². The topological polar surface area (TPSA) is 52.0 Å². The summed E-state index contributed by atoms with van der Waals surface area (Å²) in [5, 5.41) is 15.3. The molecule has 0 atom stereocenters. The summed E-state index contributed by atoms with van der Waals surface area (Å²) in [6, 6.07) is 17.3. The Bertz CT molecular complexity index is 638. The highest BCUT2D eigenvalue weighted by Gasteiger charge is 1.98. The summed E-state index contributed by atoms with van der Waals surface area (Å²) < 4.78 is 0. The molecule has 0 saturated heterocycles. The van der Waals surface area contributed by atoms with Crippen LogP contribution in [0.15, 0.2) is 64.8 Å². The van der Waals surface area contributed by atoms with Crippen molar-refractivity contribution in [1.29, 1.82) is 0 Å². The summed E-state index contributed by atoms with van der Waals surface area (Å²) in [4.78, 5) is 2.10. The summed E-state index contributed by atoms with van der Waals surface area (Å²) in [5.41, 5.74) is 2.55. The van der Waals surface area contributed by atoms with Crippen LogP contribution in [-0.2, 0) is 0 Å². The molecule has 2 rings (SSSR count). The molecule has 0 aliphatic heterocycles. The SMILES string of the molecule is CN(C)CCNC(=S)Nc1ccc(N=Nc2ccccc2)cc1. The van der Waals surface area contributed by atoms with Crippen LogP contribution in [-0.4, -0.2) is 37.2 Å². The van der Waals surface area contributed by atoms with E-state index in [4.69, 9.17) is 12.2 Å². The molecule has 120 valence electrons. The molecule has 0 unspecified atom stereocenters. The van der Waals surface area contributed by atoms with E-state index in [0.717, 1.165) is 30.2 Å². The minimum absolute atomic E-state index is 0.616. The van der Waals surface area contributed by atoms with Gasteiger partial charge in [-0.25, -0.2) is 0 Å². The minimum Gasteiger partial charge on any atom is -0.361 e. The molecule has 0 aromatic heterocycles. The van der Waals surface area contributed by atoms with Gasteiger partial charge in [0.2, 0.25) is 0 Å². The third-order valence-electron chi connectivity index (χ3n) is 3.01. The van der Waals surface area contributed by atoms with Crippen LogP contribution in [0.1, 0.15) is 0 Å². The molecule has 2 aromatic rings. The average molecular weight is 327 g/mol. The van der Waals surface area contributed by atoms with Gasteiger partial charge in [-0.2, -0.15) is 10.2 Å². The lowest BCUT2D eigenvalue weighted by Crippen LogP contribution is -2.34. The molecule has 0 heterocycles. The summed E-state index contributed by atoms with van der Waals surface area (Å²) in [7, 11) is 4.06. The summed E-state index contributed by atoms with van der Waals surface area (Å²) in [6.45, 7) is 1.74. The van der Waals surface area contributed by atoms with Crippen LogP contribution in [0, 0.1) is 0 Å². The van der Waals surface area contributed by atoms with Crippen LogP contribution in [0.5, 0.6) is 0 Å². The number of likely N-dealkylation sites (N-methyl/N-ethyl adjacent to an activating group) is 1.